The third-order valence-corrected chi connectivity index (χ3v) is 3.13. The number of aromatic nitrogens is 1. The number of halogens is 2. The average molecular weight is 309 g/mol. The molecule has 2 N–H and O–H groups in total. The van der Waals surface area contributed by atoms with Gasteiger partial charge in [-0.1, -0.05) is 15.9 Å². The Bertz CT molecular complexity index is 601. The number of pyridine rings is 1. The highest BCUT2D eigenvalue weighted by atomic mass is 79.9. The van der Waals surface area contributed by atoms with Crippen LogP contribution in [-0.4, -0.2) is 10.8 Å². The minimum Gasteiger partial charge on any atom is -0.384 e. The van der Waals surface area contributed by atoms with Crippen LogP contribution in [0.25, 0.3) is 0 Å². The lowest BCUT2D eigenvalue weighted by Gasteiger charge is -2.04. The minimum atomic E-state index is -0.434. The zero-order valence-corrected chi connectivity index (χ0v) is 10.9. The summed E-state index contributed by atoms with van der Waals surface area (Å²) in [5.74, 6) is -0.249. The molecule has 2 aromatic rings. The van der Waals surface area contributed by atoms with Gasteiger partial charge in [-0.3, -0.25) is 4.79 Å². The molecule has 3 nitrogen and oxygen atoms in total. The number of anilines is 1. The van der Waals surface area contributed by atoms with Crippen molar-refractivity contribution in [3.63, 3.8) is 0 Å². The van der Waals surface area contributed by atoms with Gasteiger partial charge in [-0.05, 0) is 35.9 Å². The number of ketones is 1. The van der Waals surface area contributed by atoms with Gasteiger partial charge in [-0.2, -0.15) is 0 Å². The Morgan fingerprint density at radius 2 is 2.11 bits per heavy atom. The van der Waals surface area contributed by atoms with Gasteiger partial charge >= 0.3 is 0 Å². The Balaban J connectivity index is 2.24. The second-order valence-electron chi connectivity index (χ2n) is 3.81. The second-order valence-corrected chi connectivity index (χ2v) is 4.67. The molecule has 0 unspecified atom stereocenters. The number of hydrogen-bond donors (Lipinski definition) is 1. The Morgan fingerprint density at radius 3 is 2.83 bits per heavy atom. The summed E-state index contributed by atoms with van der Waals surface area (Å²) in [6, 6.07) is 7.37. The zero-order chi connectivity index (χ0) is 13.1. The van der Waals surface area contributed by atoms with Crippen molar-refractivity contribution >= 4 is 27.5 Å². The fourth-order valence-electron chi connectivity index (χ4n) is 1.60. The van der Waals surface area contributed by atoms with Crippen LogP contribution in [0, 0.1) is 5.82 Å². The van der Waals surface area contributed by atoms with Crippen molar-refractivity contribution in [2.45, 2.75) is 6.42 Å². The molecule has 0 bridgehead atoms. The minimum absolute atomic E-state index is 0.161. The Kier molecular flexibility index (Phi) is 3.72. The molecule has 1 heterocycles. The molecule has 2 rings (SSSR count). The number of nitrogens with zero attached hydrogens (tertiary/aromatic N) is 1. The Labute approximate surface area is 112 Å². The molecule has 0 spiro atoms. The van der Waals surface area contributed by atoms with Crippen molar-refractivity contribution in [2.24, 2.45) is 0 Å². The number of hydrogen-bond acceptors (Lipinski definition) is 3. The summed E-state index contributed by atoms with van der Waals surface area (Å²) < 4.78 is 13.7. The van der Waals surface area contributed by atoms with Crippen molar-refractivity contribution in [3.05, 3.63) is 57.9 Å². The van der Waals surface area contributed by atoms with Gasteiger partial charge in [-0.25, -0.2) is 9.37 Å². The lowest BCUT2D eigenvalue weighted by Crippen LogP contribution is -2.05. The van der Waals surface area contributed by atoms with E-state index in [-0.39, 0.29) is 12.2 Å². The van der Waals surface area contributed by atoms with E-state index >= 15 is 0 Å². The summed E-state index contributed by atoms with van der Waals surface area (Å²) >= 11 is 3.23. The summed E-state index contributed by atoms with van der Waals surface area (Å²) in [4.78, 5) is 15.9. The maximum atomic E-state index is 13.1. The number of nitrogen functional groups attached to an aromatic ring is 1. The van der Waals surface area contributed by atoms with Crippen molar-refractivity contribution in [1.29, 1.82) is 0 Å². The maximum Gasteiger partial charge on any atom is 0.168 e. The van der Waals surface area contributed by atoms with Gasteiger partial charge in [-0.15, -0.1) is 0 Å². The number of carbonyl (C=O) groups is 1. The lowest BCUT2D eigenvalue weighted by molar-refractivity contribution is 0.0992. The summed E-state index contributed by atoms with van der Waals surface area (Å²) in [5, 5.41) is 0. The van der Waals surface area contributed by atoms with E-state index < -0.39 is 5.82 Å². The highest BCUT2D eigenvalue weighted by Crippen LogP contribution is 2.20. The van der Waals surface area contributed by atoms with Crippen molar-refractivity contribution in [2.75, 3.05) is 5.73 Å². The molecule has 0 aliphatic heterocycles. The van der Waals surface area contributed by atoms with Crippen LogP contribution in [0.4, 0.5) is 10.2 Å². The third kappa shape index (κ3) is 2.92. The number of benzene rings is 1. The largest absolute Gasteiger partial charge is 0.384 e. The SMILES string of the molecule is Nc1cc(CC(=O)c2cc(F)ccc2Br)ccn1. The van der Waals surface area contributed by atoms with Crippen LogP contribution in [0.5, 0.6) is 0 Å². The molecule has 0 saturated carbocycles. The summed E-state index contributed by atoms with van der Waals surface area (Å²) in [6.45, 7) is 0. The van der Waals surface area contributed by atoms with E-state index in [1.54, 1.807) is 18.3 Å². The van der Waals surface area contributed by atoms with Crippen LogP contribution in [0.15, 0.2) is 41.0 Å². The van der Waals surface area contributed by atoms with E-state index in [4.69, 9.17) is 5.73 Å². The number of Topliss-reactive ketones (excluding diaryl/α,β-unsaturated/α-hetero) is 1. The summed E-state index contributed by atoms with van der Waals surface area (Å²) in [5.41, 5.74) is 6.61. The quantitative estimate of drug-likeness (QED) is 0.887. The molecule has 1 aromatic carbocycles. The fourth-order valence-corrected chi connectivity index (χ4v) is 2.06. The molecular weight excluding hydrogens is 299 g/mol. The predicted molar refractivity (Wildman–Crippen MR) is 70.8 cm³/mol. The maximum absolute atomic E-state index is 13.1. The van der Waals surface area contributed by atoms with Crippen molar-refractivity contribution in [1.82, 2.24) is 4.98 Å². The summed E-state index contributed by atoms with van der Waals surface area (Å²) in [7, 11) is 0. The highest BCUT2D eigenvalue weighted by molar-refractivity contribution is 9.10. The van der Waals surface area contributed by atoms with Crippen molar-refractivity contribution in [3.8, 4) is 0 Å². The van der Waals surface area contributed by atoms with Gasteiger partial charge in [0.05, 0.1) is 0 Å². The number of rotatable bonds is 3. The Hall–Kier alpha value is -1.75. The van der Waals surface area contributed by atoms with Gasteiger partial charge in [0.25, 0.3) is 0 Å². The monoisotopic (exact) mass is 308 g/mol. The van der Waals surface area contributed by atoms with E-state index in [9.17, 15) is 9.18 Å². The standard InChI is InChI=1S/C13H10BrFN2O/c14-11-2-1-9(15)7-10(11)12(18)5-8-3-4-17-13(16)6-8/h1-4,6-7H,5H2,(H2,16,17). The topological polar surface area (TPSA) is 56.0 Å². The molecule has 0 saturated heterocycles. The van der Waals surface area contributed by atoms with Gasteiger partial charge in [0.2, 0.25) is 0 Å². The first kappa shape index (κ1) is 12.7. The van der Waals surface area contributed by atoms with Crippen LogP contribution in [0.3, 0.4) is 0 Å². The van der Waals surface area contributed by atoms with E-state index in [0.717, 1.165) is 5.56 Å². The zero-order valence-electron chi connectivity index (χ0n) is 9.36. The fraction of sp³-hybridized carbons (Fsp3) is 0.0769. The van der Waals surface area contributed by atoms with E-state index in [0.29, 0.717) is 15.9 Å². The first-order valence-electron chi connectivity index (χ1n) is 5.25. The highest BCUT2D eigenvalue weighted by Gasteiger charge is 2.12. The van der Waals surface area contributed by atoms with Crippen LogP contribution in [0.1, 0.15) is 15.9 Å². The van der Waals surface area contributed by atoms with Crippen LogP contribution < -0.4 is 5.73 Å². The van der Waals surface area contributed by atoms with Gasteiger partial charge in [0.15, 0.2) is 5.78 Å². The van der Waals surface area contributed by atoms with Crippen LogP contribution in [-0.2, 0) is 6.42 Å². The van der Waals surface area contributed by atoms with Gasteiger partial charge < -0.3 is 5.73 Å². The van der Waals surface area contributed by atoms with Gasteiger partial charge in [0.1, 0.15) is 11.6 Å². The third-order valence-electron chi connectivity index (χ3n) is 2.44. The van der Waals surface area contributed by atoms with E-state index in [2.05, 4.69) is 20.9 Å². The molecule has 0 fully saturated rings. The van der Waals surface area contributed by atoms with E-state index in [1.807, 2.05) is 0 Å². The average Bonchev–Trinajstić information content (AvgIpc) is 2.32. The first-order valence-corrected chi connectivity index (χ1v) is 6.04. The molecule has 0 amide bonds. The molecule has 0 aliphatic carbocycles. The molecule has 92 valence electrons. The molecule has 5 heteroatoms. The van der Waals surface area contributed by atoms with E-state index in [1.165, 1.54) is 18.2 Å². The Morgan fingerprint density at radius 1 is 1.33 bits per heavy atom. The van der Waals surface area contributed by atoms with Crippen molar-refractivity contribution < 1.29 is 9.18 Å². The molecule has 1 aromatic heterocycles. The first-order chi connectivity index (χ1) is 8.56. The normalized spacial score (nSPS) is 10.3. The molecule has 0 aliphatic rings. The van der Waals surface area contributed by atoms with Crippen LogP contribution in [0.2, 0.25) is 0 Å². The van der Waals surface area contributed by atoms with Gasteiger partial charge in [0, 0.05) is 22.7 Å². The molecule has 0 radical (unpaired) electrons. The second kappa shape index (κ2) is 5.27. The number of nitrogens with two attached hydrogens (primary N) is 1. The smallest absolute Gasteiger partial charge is 0.168 e. The summed E-state index contributed by atoms with van der Waals surface area (Å²) in [6.07, 6.45) is 1.70. The molecule has 18 heavy (non-hydrogen) atoms. The molecule has 0 atom stereocenters. The lowest BCUT2D eigenvalue weighted by atomic mass is 10.0. The van der Waals surface area contributed by atoms with Crippen LogP contribution >= 0.6 is 15.9 Å². The molecular formula is C13H10BrFN2O. The predicted octanol–water partition coefficient (Wildman–Crippen LogP) is 2.99. The number of carbonyl (C=O) groups excluding carboxylic acids is 1.